The fourth-order valence-corrected chi connectivity index (χ4v) is 4.70. The Balaban J connectivity index is 2.17. The molecule has 2 aliphatic rings. The van der Waals surface area contributed by atoms with E-state index in [-0.39, 0.29) is 0 Å². The van der Waals surface area contributed by atoms with E-state index in [1.54, 1.807) is 0 Å². The van der Waals surface area contributed by atoms with Gasteiger partial charge in [-0.2, -0.15) is 0 Å². The summed E-state index contributed by atoms with van der Waals surface area (Å²) < 4.78 is 5.84. The van der Waals surface area contributed by atoms with Crippen LogP contribution in [0.4, 0.5) is 0 Å². The minimum absolute atomic E-state index is 0.463. The molecule has 0 saturated carbocycles. The largest absolute Gasteiger partial charge is 0.379 e. The molecule has 0 aromatic rings. The van der Waals surface area contributed by atoms with Crippen LogP contribution in [0.15, 0.2) is 0 Å². The van der Waals surface area contributed by atoms with Gasteiger partial charge in [-0.1, -0.05) is 0 Å². The Morgan fingerprint density at radius 3 is 3.33 bits per heavy atom. The summed E-state index contributed by atoms with van der Waals surface area (Å²) in [5.41, 5.74) is 0. The van der Waals surface area contributed by atoms with E-state index in [1.165, 1.54) is 5.08 Å². The molecule has 2 aliphatic heterocycles. The maximum Gasteiger partial charge on any atom is 0.0623 e. The van der Waals surface area contributed by atoms with Crippen LogP contribution in [-0.4, -0.2) is 28.3 Å². The Morgan fingerprint density at radius 1 is 1.67 bits per heavy atom. The molecule has 0 aromatic carbocycles. The molecule has 2 unspecified atom stereocenters. The third-order valence-electron chi connectivity index (χ3n) is 2.00. The van der Waals surface area contributed by atoms with Crippen molar-refractivity contribution in [2.45, 2.75) is 16.9 Å². The first-order valence-electron chi connectivity index (χ1n) is 3.15. The van der Waals surface area contributed by atoms with Gasteiger partial charge < -0.3 is 4.74 Å². The van der Waals surface area contributed by atoms with E-state index >= 15 is 0 Å². The standard InChI is InChI=1S/C6H10OS2/c1-6-3-7-2-5(6)8-4-9-6/h5H,2-4H2,1H3. The third-order valence-corrected chi connectivity index (χ3v) is 5.28. The summed E-state index contributed by atoms with van der Waals surface area (Å²) in [6.45, 7) is 4.26. The van der Waals surface area contributed by atoms with Crippen molar-refractivity contribution in [2.24, 2.45) is 0 Å². The summed E-state index contributed by atoms with van der Waals surface area (Å²) in [5.74, 6) is 0. The second-order valence-corrected chi connectivity index (χ2v) is 5.81. The Kier molecular flexibility index (Phi) is 1.47. The topological polar surface area (TPSA) is 9.23 Å². The van der Waals surface area contributed by atoms with Gasteiger partial charge in [-0.15, -0.1) is 23.5 Å². The SMILES string of the molecule is CC12COCC1SCS2. The lowest BCUT2D eigenvalue weighted by atomic mass is 10.1. The highest BCUT2D eigenvalue weighted by Crippen LogP contribution is 2.48. The van der Waals surface area contributed by atoms with Crippen LogP contribution in [0, 0.1) is 0 Å². The van der Waals surface area contributed by atoms with E-state index < -0.39 is 0 Å². The molecule has 52 valence electrons. The van der Waals surface area contributed by atoms with Gasteiger partial charge in [-0.25, -0.2) is 0 Å². The quantitative estimate of drug-likeness (QED) is 0.535. The van der Waals surface area contributed by atoms with Crippen molar-refractivity contribution >= 4 is 23.5 Å². The fraction of sp³-hybridized carbons (Fsp3) is 1.00. The van der Waals surface area contributed by atoms with Gasteiger partial charge in [0.15, 0.2) is 0 Å². The summed E-state index contributed by atoms with van der Waals surface area (Å²) in [6.07, 6.45) is 0. The zero-order valence-electron chi connectivity index (χ0n) is 5.42. The first-order valence-corrected chi connectivity index (χ1v) is 5.18. The molecule has 2 fully saturated rings. The monoisotopic (exact) mass is 162 g/mol. The second-order valence-electron chi connectivity index (χ2n) is 2.75. The molecular formula is C6H10OS2. The molecule has 0 amide bonds. The molecule has 0 N–H and O–H groups in total. The lowest BCUT2D eigenvalue weighted by molar-refractivity contribution is 0.192. The molecule has 3 heteroatoms. The van der Waals surface area contributed by atoms with Crippen LogP contribution in [0.5, 0.6) is 0 Å². The minimum Gasteiger partial charge on any atom is -0.379 e. The average Bonchev–Trinajstić information content (AvgIpc) is 2.22. The Hall–Kier alpha value is 0.660. The fourth-order valence-electron chi connectivity index (χ4n) is 1.25. The van der Waals surface area contributed by atoms with Crippen molar-refractivity contribution in [3.63, 3.8) is 0 Å². The van der Waals surface area contributed by atoms with Crippen LogP contribution in [0.1, 0.15) is 6.92 Å². The smallest absolute Gasteiger partial charge is 0.0623 e. The Morgan fingerprint density at radius 2 is 2.56 bits per heavy atom. The van der Waals surface area contributed by atoms with Crippen molar-refractivity contribution < 1.29 is 4.74 Å². The molecule has 0 radical (unpaired) electrons. The lowest BCUT2D eigenvalue weighted by Crippen LogP contribution is -2.27. The highest BCUT2D eigenvalue weighted by molar-refractivity contribution is 8.20. The molecule has 0 aliphatic carbocycles. The van der Waals surface area contributed by atoms with Gasteiger partial charge in [0.25, 0.3) is 0 Å². The van der Waals surface area contributed by atoms with Crippen molar-refractivity contribution in [3.05, 3.63) is 0 Å². The summed E-state index contributed by atoms with van der Waals surface area (Å²) in [7, 11) is 0. The first-order chi connectivity index (χ1) is 4.31. The van der Waals surface area contributed by atoms with E-state index in [2.05, 4.69) is 18.7 Å². The molecule has 2 heterocycles. The maximum absolute atomic E-state index is 5.37. The van der Waals surface area contributed by atoms with Crippen LogP contribution in [0.3, 0.4) is 0 Å². The third kappa shape index (κ3) is 0.900. The van der Waals surface area contributed by atoms with Gasteiger partial charge in [0.2, 0.25) is 0 Å². The number of hydrogen-bond acceptors (Lipinski definition) is 3. The van der Waals surface area contributed by atoms with Gasteiger partial charge in [0, 0.05) is 10.3 Å². The summed E-state index contributed by atoms with van der Waals surface area (Å²) in [5, 5.41) is 2.05. The number of rotatable bonds is 0. The van der Waals surface area contributed by atoms with Crippen LogP contribution in [-0.2, 0) is 4.74 Å². The number of thioether (sulfide) groups is 2. The van der Waals surface area contributed by atoms with Gasteiger partial charge >= 0.3 is 0 Å². The maximum atomic E-state index is 5.37. The molecule has 0 bridgehead atoms. The molecule has 2 atom stereocenters. The highest BCUT2D eigenvalue weighted by atomic mass is 32.2. The van der Waals surface area contributed by atoms with Gasteiger partial charge in [0.05, 0.1) is 18.0 Å². The molecule has 9 heavy (non-hydrogen) atoms. The van der Waals surface area contributed by atoms with Crippen LogP contribution < -0.4 is 0 Å². The van der Waals surface area contributed by atoms with Gasteiger partial charge in [-0.3, -0.25) is 0 Å². The minimum atomic E-state index is 0.463. The van der Waals surface area contributed by atoms with Gasteiger partial charge in [-0.05, 0) is 6.92 Å². The highest BCUT2D eigenvalue weighted by Gasteiger charge is 2.44. The van der Waals surface area contributed by atoms with Crippen LogP contribution in [0.25, 0.3) is 0 Å². The van der Waals surface area contributed by atoms with Crippen molar-refractivity contribution in [1.82, 2.24) is 0 Å². The van der Waals surface area contributed by atoms with E-state index in [1.807, 2.05) is 11.8 Å². The van der Waals surface area contributed by atoms with Crippen LogP contribution in [0.2, 0.25) is 0 Å². The zero-order valence-corrected chi connectivity index (χ0v) is 7.06. The van der Waals surface area contributed by atoms with Crippen molar-refractivity contribution in [1.29, 1.82) is 0 Å². The molecular weight excluding hydrogens is 152 g/mol. The molecule has 0 spiro atoms. The summed E-state index contributed by atoms with van der Waals surface area (Å²) >= 11 is 4.10. The molecule has 0 aromatic heterocycles. The predicted molar refractivity (Wildman–Crippen MR) is 43.1 cm³/mol. The van der Waals surface area contributed by atoms with E-state index in [0.717, 1.165) is 18.5 Å². The molecule has 2 rings (SSSR count). The van der Waals surface area contributed by atoms with Crippen molar-refractivity contribution in [2.75, 3.05) is 18.3 Å². The van der Waals surface area contributed by atoms with Crippen LogP contribution >= 0.6 is 23.5 Å². The number of hydrogen-bond donors (Lipinski definition) is 0. The summed E-state index contributed by atoms with van der Waals surface area (Å²) in [4.78, 5) is 0. The molecule has 2 saturated heterocycles. The molecule has 1 nitrogen and oxygen atoms in total. The van der Waals surface area contributed by atoms with E-state index in [0.29, 0.717) is 4.75 Å². The predicted octanol–water partition coefficient (Wildman–Crippen LogP) is 1.58. The first kappa shape index (κ1) is 6.38. The zero-order chi connectivity index (χ0) is 6.32. The lowest BCUT2D eigenvalue weighted by Gasteiger charge is -2.17. The second kappa shape index (κ2) is 2.07. The number of fused-ring (bicyclic) bond motifs is 1. The van der Waals surface area contributed by atoms with E-state index in [9.17, 15) is 0 Å². The summed E-state index contributed by atoms with van der Waals surface area (Å²) in [6, 6.07) is 0. The van der Waals surface area contributed by atoms with Gasteiger partial charge in [0.1, 0.15) is 0 Å². The van der Waals surface area contributed by atoms with Crippen molar-refractivity contribution in [3.8, 4) is 0 Å². The average molecular weight is 162 g/mol. The Bertz CT molecular complexity index is 116. The Labute approximate surface area is 63.9 Å². The number of ether oxygens (including phenoxy) is 1. The van der Waals surface area contributed by atoms with E-state index in [4.69, 9.17) is 4.74 Å². The normalized spacial score (nSPS) is 49.7.